The van der Waals surface area contributed by atoms with Crippen LogP contribution in [0, 0.1) is 9.52 Å². The maximum absolute atomic E-state index is 12.6. The fourth-order valence-electron chi connectivity index (χ4n) is 0.865. The highest BCUT2D eigenvalue weighted by Gasteiger charge is 2.23. The summed E-state index contributed by atoms with van der Waals surface area (Å²) < 4.78 is 37.2. The molecular formula is C7H3F3INO2. The van der Waals surface area contributed by atoms with Crippen molar-refractivity contribution in [1.29, 1.82) is 0 Å². The number of halogens is 4. The molecule has 0 amide bonds. The third kappa shape index (κ3) is 2.14. The largest absolute Gasteiger partial charge is 0.476 e. The number of rotatable bonds is 2. The quantitative estimate of drug-likeness (QED) is 0.673. The minimum Gasteiger partial charge on any atom is -0.476 e. The standard InChI is InChI=1S/C7H3F3INO2/c8-3-1-2(11)4(6(9)10)5(12-3)7(13)14/h1,6H,(H,13,14). The number of hydrogen-bond donors (Lipinski definition) is 1. The molecule has 0 bridgehead atoms. The zero-order valence-electron chi connectivity index (χ0n) is 6.47. The molecule has 7 heteroatoms. The van der Waals surface area contributed by atoms with E-state index < -0.39 is 29.6 Å². The van der Waals surface area contributed by atoms with E-state index in [0.717, 1.165) is 6.07 Å². The summed E-state index contributed by atoms with van der Waals surface area (Å²) in [7, 11) is 0. The molecule has 0 spiro atoms. The third-order valence-electron chi connectivity index (χ3n) is 1.40. The Morgan fingerprint density at radius 1 is 1.57 bits per heavy atom. The lowest BCUT2D eigenvalue weighted by atomic mass is 10.2. The summed E-state index contributed by atoms with van der Waals surface area (Å²) in [6.07, 6.45) is -2.99. The SMILES string of the molecule is O=C(O)c1nc(F)cc(I)c1C(F)F. The minimum atomic E-state index is -2.99. The first-order chi connectivity index (χ1) is 6.43. The number of nitrogens with zero attached hydrogens (tertiary/aromatic N) is 1. The summed E-state index contributed by atoms with van der Waals surface area (Å²) in [4.78, 5) is 13.4. The average molecular weight is 317 g/mol. The van der Waals surface area contributed by atoms with E-state index in [-0.39, 0.29) is 3.57 Å². The van der Waals surface area contributed by atoms with Crippen LogP contribution in [-0.4, -0.2) is 16.1 Å². The van der Waals surface area contributed by atoms with Crippen LogP contribution >= 0.6 is 22.6 Å². The van der Waals surface area contributed by atoms with Crippen LogP contribution in [-0.2, 0) is 0 Å². The summed E-state index contributed by atoms with van der Waals surface area (Å²) in [5.74, 6) is -2.76. The maximum Gasteiger partial charge on any atom is 0.355 e. The van der Waals surface area contributed by atoms with E-state index >= 15 is 0 Å². The number of carboxylic acids is 1. The van der Waals surface area contributed by atoms with Crippen molar-refractivity contribution in [3.05, 3.63) is 26.8 Å². The molecule has 3 nitrogen and oxygen atoms in total. The maximum atomic E-state index is 12.6. The molecule has 0 radical (unpaired) electrons. The monoisotopic (exact) mass is 317 g/mol. The van der Waals surface area contributed by atoms with E-state index in [4.69, 9.17) is 5.11 Å². The van der Waals surface area contributed by atoms with Gasteiger partial charge in [-0.1, -0.05) is 0 Å². The van der Waals surface area contributed by atoms with Crippen molar-refractivity contribution in [3.63, 3.8) is 0 Å². The zero-order valence-corrected chi connectivity index (χ0v) is 8.63. The lowest BCUT2D eigenvalue weighted by Crippen LogP contribution is -2.09. The van der Waals surface area contributed by atoms with E-state index in [1.807, 2.05) is 0 Å². The molecule has 1 rings (SSSR count). The highest BCUT2D eigenvalue weighted by Crippen LogP contribution is 2.27. The molecule has 0 unspecified atom stereocenters. The van der Waals surface area contributed by atoms with Gasteiger partial charge in [-0.2, -0.15) is 4.39 Å². The van der Waals surface area contributed by atoms with Gasteiger partial charge < -0.3 is 5.11 Å². The van der Waals surface area contributed by atoms with E-state index in [0.29, 0.717) is 0 Å². The smallest absolute Gasteiger partial charge is 0.355 e. The van der Waals surface area contributed by atoms with Gasteiger partial charge in [0.25, 0.3) is 6.43 Å². The number of aromatic carboxylic acids is 1. The molecule has 0 saturated carbocycles. The predicted octanol–water partition coefficient (Wildman–Crippen LogP) is 2.46. The number of carbonyl (C=O) groups is 1. The molecule has 0 aliphatic carbocycles. The van der Waals surface area contributed by atoms with Crippen LogP contribution in [0.15, 0.2) is 6.07 Å². The number of carboxylic acid groups (broad SMARTS) is 1. The summed E-state index contributed by atoms with van der Waals surface area (Å²) in [6, 6.07) is 0.758. The predicted molar refractivity (Wildman–Crippen MR) is 48.8 cm³/mol. The first-order valence-electron chi connectivity index (χ1n) is 3.31. The number of aromatic nitrogens is 1. The first-order valence-corrected chi connectivity index (χ1v) is 4.38. The second-order valence-electron chi connectivity index (χ2n) is 2.29. The van der Waals surface area contributed by atoms with E-state index in [1.165, 1.54) is 22.6 Å². The van der Waals surface area contributed by atoms with Crippen LogP contribution < -0.4 is 0 Å². The first kappa shape index (κ1) is 11.2. The average Bonchev–Trinajstić information content (AvgIpc) is 2.01. The molecular weight excluding hydrogens is 314 g/mol. The van der Waals surface area contributed by atoms with Gasteiger partial charge >= 0.3 is 5.97 Å². The molecule has 0 fully saturated rings. The second kappa shape index (κ2) is 4.11. The van der Waals surface area contributed by atoms with Crippen molar-refractivity contribution in [2.24, 2.45) is 0 Å². The Labute approximate surface area is 90.1 Å². The topological polar surface area (TPSA) is 50.2 Å². The Kier molecular flexibility index (Phi) is 3.29. The number of hydrogen-bond acceptors (Lipinski definition) is 2. The molecule has 0 saturated heterocycles. The van der Waals surface area contributed by atoms with Gasteiger partial charge in [0.2, 0.25) is 5.95 Å². The van der Waals surface area contributed by atoms with Crippen molar-refractivity contribution in [2.45, 2.75) is 6.43 Å². The summed E-state index contributed by atoms with van der Waals surface area (Å²) in [5.41, 5.74) is -1.69. The Morgan fingerprint density at radius 3 is 2.57 bits per heavy atom. The Bertz CT molecular complexity index is 383. The molecule has 0 aliphatic heterocycles. The summed E-state index contributed by atoms with van der Waals surface area (Å²) in [5, 5.41) is 8.50. The highest BCUT2D eigenvalue weighted by molar-refractivity contribution is 14.1. The Hall–Kier alpha value is -0.860. The lowest BCUT2D eigenvalue weighted by Gasteiger charge is -2.06. The van der Waals surface area contributed by atoms with Crippen LogP contribution in [0.3, 0.4) is 0 Å². The summed E-state index contributed by atoms with van der Waals surface area (Å²) in [6.45, 7) is 0. The van der Waals surface area contributed by atoms with Crippen LogP contribution in [0.2, 0.25) is 0 Å². The van der Waals surface area contributed by atoms with Gasteiger partial charge in [-0.25, -0.2) is 18.6 Å². The molecule has 0 aromatic carbocycles. The van der Waals surface area contributed by atoms with Gasteiger partial charge in [0.05, 0.1) is 5.56 Å². The Balaban J connectivity index is 3.44. The molecule has 1 aromatic rings. The van der Waals surface area contributed by atoms with Gasteiger partial charge in [-0.05, 0) is 22.6 Å². The zero-order chi connectivity index (χ0) is 10.9. The van der Waals surface area contributed by atoms with E-state index in [1.54, 1.807) is 0 Å². The van der Waals surface area contributed by atoms with E-state index in [9.17, 15) is 18.0 Å². The van der Waals surface area contributed by atoms with Gasteiger partial charge in [-0.15, -0.1) is 0 Å². The Morgan fingerprint density at radius 2 is 2.14 bits per heavy atom. The summed E-state index contributed by atoms with van der Waals surface area (Å²) >= 11 is 1.44. The molecule has 1 aromatic heterocycles. The fourth-order valence-corrected chi connectivity index (χ4v) is 1.61. The van der Waals surface area contributed by atoms with Crippen LogP contribution in [0.4, 0.5) is 13.2 Å². The second-order valence-corrected chi connectivity index (χ2v) is 3.46. The van der Waals surface area contributed by atoms with Crippen molar-refractivity contribution >= 4 is 28.6 Å². The molecule has 1 N–H and O–H groups in total. The van der Waals surface area contributed by atoms with Crippen molar-refractivity contribution in [3.8, 4) is 0 Å². The normalized spacial score (nSPS) is 10.6. The third-order valence-corrected chi connectivity index (χ3v) is 2.29. The van der Waals surface area contributed by atoms with Crippen molar-refractivity contribution in [1.82, 2.24) is 4.98 Å². The van der Waals surface area contributed by atoms with Crippen LogP contribution in [0.5, 0.6) is 0 Å². The molecule has 14 heavy (non-hydrogen) atoms. The van der Waals surface area contributed by atoms with Crippen LogP contribution in [0.1, 0.15) is 22.5 Å². The molecule has 1 heterocycles. The molecule has 0 aliphatic rings. The van der Waals surface area contributed by atoms with Crippen LogP contribution in [0.25, 0.3) is 0 Å². The highest BCUT2D eigenvalue weighted by atomic mass is 127. The number of pyridine rings is 1. The lowest BCUT2D eigenvalue weighted by molar-refractivity contribution is 0.0675. The van der Waals surface area contributed by atoms with Crippen molar-refractivity contribution in [2.75, 3.05) is 0 Å². The van der Waals surface area contributed by atoms with Crippen molar-refractivity contribution < 1.29 is 23.1 Å². The van der Waals surface area contributed by atoms with Gasteiger partial charge in [0, 0.05) is 9.64 Å². The van der Waals surface area contributed by atoms with Gasteiger partial charge in [0.15, 0.2) is 5.69 Å². The molecule has 0 atom stereocenters. The fraction of sp³-hybridized carbons (Fsp3) is 0.143. The van der Waals surface area contributed by atoms with Gasteiger partial charge in [-0.3, -0.25) is 0 Å². The van der Waals surface area contributed by atoms with E-state index in [2.05, 4.69) is 4.98 Å². The molecule has 76 valence electrons. The number of alkyl halides is 2. The minimum absolute atomic E-state index is 0.150. The van der Waals surface area contributed by atoms with Gasteiger partial charge in [0.1, 0.15) is 0 Å².